The van der Waals surface area contributed by atoms with Gasteiger partial charge in [-0.3, -0.25) is 9.59 Å². The Morgan fingerprint density at radius 3 is 2.39 bits per heavy atom. The van der Waals surface area contributed by atoms with Crippen molar-refractivity contribution in [1.82, 2.24) is 19.7 Å². The lowest BCUT2D eigenvalue weighted by Crippen LogP contribution is -2.51. The van der Waals surface area contributed by atoms with Crippen LogP contribution in [0.3, 0.4) is 0 Å². The van der Waals surface area contributed by atoms with Crippen molar-refractivity contribution < 1.29 is 9.59 Å². The van der Waals surface area contributed by atoms with Gasteiger partial charge >= 0.3 is 0 Å². The third-order valence-corrected chi connectivity index (χ3v) is 6.06. The number of para-hydroxylation sites is 1. The number of pyridine rings is 1. The number of hydrogen-bond donors (Lipinski definition) is 0. The molecule has 2 aliphatic heterocycles. The van der Waals surface area contributed by atoms with E-state index in [1.54, 1.807) is 6.07 Å². The Kier molecular flexibility index (Phi) is 5.51. The Morgan fingerprint density at radius 2 is 1.68 bits per heavy atom. The minimum absolute atomic E-state index is 0.0187. The van der Waals surface area contributed by atoms with Crippen LogP contribution in [-0.4, -0.2) is 77.8 Å². The molecule has 1 aromatic carbocycles. The molecule has 2 saturated heterocycles. The number of carbonyl (C=O) groups is 2. The monoisotopic (exact) mass is 400 g/mol. The van der Waals surface area contributed by atoms with Gasteiger partial charge in [-0.25, -0.2) is 4.98 Å². The molecular weight excluding hydrogens is 376 g/mol. The number of halogens is 1. The number of fused-ring (bicyclic) bond motifs is 1. The van der Waals surface area contributed by atoms with Crippen molar-refractivity contribution >= 4 is 34.3 Å². The van der Waals surface area contributed by atoms with Crippen LogP contribution in [0, 0.1) is 5.92 Å². The molecule has 0 atom stereocenters. The summed E-state index contributed by atoms with van der Waals surface area (Å²) in [6, 6.07) is 9.19. The van der Waals surface area contributed by atoms with Crippen LogP contribution in [-0.2, 0) is 4.79 Å². The quantitative estimate of drug-likeness (QED) is 0.727. The highest BCUT2D eigenvalue weighted by Crippen LogP contribution is 2.26. The molecule has 148 valence electrons. The van der Waals surface area contributed by atoms with Crippen molar-refractivity contribution in [2.45, 2.75) is 12.8 Å². The van der Waals surface area contributed by atoms with Crippen LogP contribution in [0.25, 0.3) is 10.9 Å². The number of piperazine rings is 1. The molecule has 6 nitrogen and oxygen atoms in total. The predicted molar refractivity (Wildman–Crippen MR) is 109 cm³/mol. The van der Waals surface area contributed by atoms with Crippen molar-refractivity contribution in [3.05, 3.63) is 41.0 Å². The number of rotatable bonds is 2. The summed E-state index contributed by atoms with van der Waals surface area (Å²) in [4.78, 5) is 36.3. The number of likely N-dealkylation sites (N-methyl/N-ethyl adjacent to an activating group) is 1. The molecule has 2 amide bonds. The lowest BCUT2D eigenvalue weighted by molar-refractivity contribution is -0.138. The van der Waals surface area contributed by atoms with E-state index in [2.05, 4.69) is 16.9 Å². The second-order valence-corrected chi connectivity index (χ2v) is 8.09. The average molecular weight is 401 g/mol. The number of nitrogens with zero attached hydrogens (tertiary/aromatic N) is 4. The smallest absolute Gasteiger partial charge is 0.254 e. The lowest BCUT2D eigenvalue weighted by Gasteiger charge is -2.37. The highest BCUT2D eigenvalue weighted by Gasteiger charge is 2.32. The van der Waals surface area contributed by atoms with E-state index in [0.717, 1.165) is 37.1 Å². The van der Waals surface area contributed by atoms with Crippen LogP contribution in [0.2, 0.25) is 5.15 Å². The fraction of sp³-hybridized carbons (Fsp3) is 0.476. The van der Waals surface area contributed by atoms with E-state index in [9.17, 15) is 9.59 Å². The molecule has 2 aliphatic rings. The van der Waals surface area contributed by atoms with Crippen molar-refractivity contribution in [3.8, 4) is 0 Å². The van der Waals surface area contributed by atoms with Crippen LogP contribution in [0.1, 0.15) is 23.2 Å². The minimum Gasteiger partial charge on any atom is -0.340 e. The van der Waals surface area contributed by atoms with E-state index in [-0.39, 0.29) is 17.7 Å². The lowest BCUT2D eigenvalue weighted by atomic mass is 9.94. The van der Waals surface area contributed by atoms with E-state index in [1.807, 2.05) is 34.1 Å². The van der Waals surface area contributed by atoms with Crippen molar-refractivity contribution in [2.24, 2.45) is 5.92 Å². The summed E-state index contributed by atoms with van der Waals surface area (Å²) < 4.78 is 0. The second-order valence-electron chi connectivity index (χ2n) is 7.70. The fourth-order valence-electron chi connectivity index (χ4n) is 4.10. The van der Waals surface area contributed by atoms with Gasteiger partial charge in [0.05, 0.1) is 11.1 Å². The molecular formula is C21H25ClN4O2. The zero-order valence-electron chi connectivity index (χ0n) is 16.1. The topological polar surface area (TPSA) is 56.8 Å². The highest BCUT2D eigenvalue weighted by molar-refractivity contribution is 6.30. The van der Waals surface area contributed by atoms with Gasteiger partial charge in [0.15, 0.2) is 0 Å². The van der Waals surface area contributed by atoms with E-state index < -0.39 is 0 Å². The Labute approximate surface area is 170 Å². The summed E-state index contributed by atoms with van der Waals surface area (Å²) in [7, 11) is 2.08. The maximum atomic E-state index is 13.1. The van der Waals surface area contributed by atoms with E-state index in [4.69, 9.17) is 11.6 Å². The molecule has 2 fully saturated rings. The highest BCUT2D eigenvalue weighted by atomic mass is 35.5. The Hall–Kier alpha value is -2.18. The standard InChI is InChI=1S/C21H25ClN4O2/c1-24-10-12-26(13-11-24)20(27)15-6-8-25(9-7-15)21(28)17-14-19(22)23-18-5-3-2-4-16(17)18/h2-5,14-15H,6-13H2,1H3. The largest absolute Gasteiger partial charge is 0.340 e. The fourth-order valence-corrected chi connectivity index (χ4v) is 4.31. The molecule has 28 heavy (non-hydrogen) atoms. The molecule has 2 aromatic rings. The predicted octanol–water partition coefficient (Wildman–Crippen LogP) is 2.51. The summed E-state index contributed by atoms with van der Waals surface area (Å²) in [6.45, 7) is 4.65. The van der Waals surface area contributed by atoms with Crippen LogP contribution in [0.4, 0.5) is 0 Å². The van der Waals surface area contributed by atoms with Gasteiger partial charge in [0.2, 0.25) is 5.91 Å². The van der Waals surface area contributed by atoms with Crippen molar-refractivity contribution in [1.29, 1.82) is 0 Å². The number of likely N-dealkylation sites (tertiary alicyclic amines) is 1. The molecule has 4 rings (SSSR count). The molecule has 3 heterocycles. The number of piperidine rings is 1. The summed E-state index contributed by atoms with van der Waals surface area (Å²) in [6.07, 6.45) is 1.43. The Bertz CT molecular complexity index is 887. The average Bonchev–Trinajstić information content (AvgIpc) is 2.73. The summed E-state index contributed by atoms with van der Waals surface area (Å²) in [5.74, 6) is 0.230. The normalized spacial score (nSPS) is 19.2. The minimum atomic E-state index is -0.0361. The first-order valence-electron chi connectivity index (χ1n) is 9.85. The molecule has 7 heteroatoms. The SMILES string of the molecule is CN1CCN(C(=O)C2CCN(C(=O)c3cc(Cl)nc4ccccc34)CC2)CC1. The van der Waals surface area contributed by atoms with Crippen LogP contribution in [0.5, 0.6) is 0 Å². The summed E-state index contributed by atoms with van der Waals surface area (Å²) >= 11 is 6.13. The van der Waals surface area contributed by atoms with Gasteiger partial charge in [-0.05, 0) is 32.0 Å². The van der Waals surface area contributed by atoms with E-state index >= 15 is 0 Å². The van der Waals surface area contributed by atoms with Crippen molar-refractivity contribution in [3.63, 3.8) is 0 Å². The molecule has 0 bridgehead atoms. The summed E-state index contributed by atoms with van der Waals surface area (Å²) in [5, 5.41) is 1.13. The van der Waals surface area contributed by atoms with Crippen LogP contribution in [0.15, 0.2) is 30.3 Å². The number of benzene rings is 1. The number of amides is 2. The number of hydrogen-bond acceptors (Lipinski definition) is 4. The summed E-state index contributed by atoms with van der Waals surface area (Å²) in [5.41, 5.74) is 1.30. The third kappa shape index (κ3) is 3.84. The maximum Gasteiger partial charge on any atom is 0.254 e. The number of carbonyl (C=O) groups excluding carboxylic acids is 2. The van der Waals surface area contributed by atoms with Gasteiger partial charge in [-0.1, -0.05) is 29.8 Å². The van der Waals surface area contributed by atoms with Gasteiger partial charge in [0.25, 0.3) is 5.91 Å². The van der Waals surface area contributed by atoms with Gasteiger partial charge in [-0.15, -0.1) is 0 Å². The molecule has 0 unspecified atom stereocenters. The van der Waals surface area contributed by atoms with Gasteiger partial charge in [-0.2, -0.15) is 0 Å². The molecule has 0 spiro atoms. The van der Waals surface area contributed by atoms with Gasteiger partial charge < -0.3 is 14.7 Å². The van der Waals surface area contributed by atoms with Crippen LogP contribution >= 0.6 is 11.6 Å². The molecule has 0 aliphatic carbocycles. The zero-order valence-corrected chi connectivity index (χ0v) is 16.9. The first kappa shape index (κ1) is 19.2. The molecule has 0 saturated carbocycles. The Morgan fingerprint density at radius 1 is 1.00 bits per heavy atom. The van der Waals surface area contributed by atoms with E-state index in [0.29, 0.717) is 36.6 Å². The molecule has 0 radical (unpaired) electrons. The second kappa shape index (κ2) is 8.05. The zero-order chi connectivity index (χ0) is 19.7. The third-order valence-electron chi connectivity index (χ3n) is 5.86. The van der Waals surface area contributed by atoms with Crippen LogP contribution < -0.4 is 0 Å². The first-order valence-corrected chi connectivity index (χ1v) is 10.2. The van der Waals surface area contributed by atoms with Crippen molar-refractivity contribution in [2.75, 3.05) is 46.3 Å². The molecule has 1 aromatic heterocycles. The molecule has 0 N–H and O–H groups in total. The van der Waals surface area contributed by atoms with Gasteiger partial charge in [0.1, 0.15) is 5.15 Å². The number of aromatic nitrogens is 1. The first-order chi connectivity index (χ1) is 13.5. The Balaban J connectivity index is 1.43. The van der Waals surface area contributed by atoms with E-state index in [1.165, 1.54) is 0 Å². The maximum absolute atomic E-state index is 13.1. The van der Waals surface area contributed by atoms with Gasteiger partial charge in [0, 0.05) is 50.6 Å².